The summed E-state index contributed by atoms with van der Waals surface area (Å²) in [4.78, 5) is 21.4. The van der Waals surface area contributed by atoms with Gasteiger partial charge >= 0.3 is 6.36 Å². The number of rotatable bonds is 4. The molecule has 0 radical (unpaired) electrons. The molecule has 5 nitrogen and oxygen atoms in total. The van der Waals surface area contributed by atoms with E-state index in [-0.39, 0.29) is 11.3 Å². The molecule has 3 rings (SSSR count). The fourth-order valence-electron chi connectivity index (χ4n) is 2.74. The Bertz CT molecular complexity index is 806. The van der Waals surface area contributed by atoms with Crippen molar-refractivity contribution < 1.29 is 17.9 Å². The molecule has 0 spiro atoms. The van der Waals surface area contributed by atoms with E-state index in [0.29, 0.717) is 30.2 Å². The first kappa shape index (κ1) is 17.8. The number of fused-ring (bicyclic) bond motifs is 1. The first-order chi connectivity index (χ1) is 11.8. The number of nitrogens with one attached hydrogen (secondary N) is 1. The molecule has 0 atom stereocenters. The maximum absolute atomic E-state index is 12.2. The third kappa shape index (κ3) is 4.55. The Morgan fingerprint density at radius 1 is 1.32 bits per heavy atom. The number of hydrogen-bond acceptors (Lipinski definition) is 5. The van der Waals surface area contributed by atoms with Crippen molar-refractivity contribution in [1.29, 1.82) is 0 Å². The maximum Gasteiger partial charge on any atom is 0.573 e. The molecule has 1 aromatic heterocycles. The second kappa shape index (κ2) is 7.09. The molecule has 1 aliphatic heterocycles. The number of aromatic amines is 1. The Morgan fingerprint density at radius 3 is 2.68 bits per heavy atom. The molecule has 1 aromatic carbocycles. The van der Waals surface area contributed by atoms with E-state index in [9.17, 15) is 18.0 Å². The number of thioether (sulfide) groups is 1. The fourth-order valence-corrected chi connectivity index (χ4v) is 3.14. The molecule has 25 heavy (non-hydrogen) atoms. The molecule has 1 N–H and O–H groups in total. The van der Waals surface area contributed by atoms with Crippen molar-refractivity contribution in [2.24, 2.45) is 0 Å². The van der Waals surface area contributed by atoms with Gasteiger partial charge in [0, 0.05) is 26.1 Å². The van der Waals surface area contributed by atoms with Crippen molar-refractivity contribution in [2.75, 3.05) is 12.8 Å². The van der Waals surface area contributed by atoms with Gasteiger partial charge in [0.25, 0.3) is 5.56 Å². The Kier molecular flexibility index (Phi) is 5.05. The molecule has 2 heterocycles. The van der Waals surface area contributed by atoms with Gasteiger partial charge in [0.2, 0.25) is 0 Å². The highest BCUT2D eigenvalue weighted by molar-refractivity contribution is 7.98. The van der Waals surface area contributed by atoms with Gasteiger partial charge in [-0.2, -0.15) is 0 Å². The highest BCUT2D eigenvalue weighted by Gasteiger charge is 2.31. The van der Waals surface area contributed by atoms with Gasteiger partial charge in [-0.15, -0.1) is 13.2 Å². The number of alkyl halides is 3. The Labute approximate surface area is 146 Å². The lowest BCUT2D eigenvalue weighted by molar-refractivity contribution is -0.274. The average molecular weight is 371 g/mol. The van der Waals surface area contributed by atoms with Crippen LogP contribution in [0.2, 0.25) is 0 Å². The summed E-state index contributed by atoms with van der Waals surface area (Å²) in [6.45, 7) is 1.74. The third-order valence-electron chi connectivity index (χ3n) is 3.88. The minimum Gasteiger partial charge on any atom is -0.406 e. The molecule has 1 aliphatic rings. The number of nitrogens with zero attached hydrogens (tertiary/aromatic N) is 2. The summed E-state index contributed by atoms with van der Waals surface area (Å²) in [6.07, 6.45) is -2.17. The summed E-state index contributed by atoms with van der Waals surface area (Å²) in [5, 5.41) is 0.609. The van der Waals surface area contributed by atoms with E-state index in [0.717, 1.165) is 17.8 Å². The van der Waals surface area contributed by atoms with E-state index < -0.39 is 6.36 Å². The lowest BCUT2D eigenvalue weighted by Crippen LogP contribution is -2.35. The lowest BCUT2D eigenvalue weighted by atomic mass is 10.1. The van der Waals surface area contributed by atoms with E-state index in [1.165, 1.54) is 23.9 Å². The lowest BCUT2D eigenvalue weighted by Gasteiger charge is -2.27. The zero-order chi connectivity index (χ0) is 18.0. The van der Waals surface area contributed by atoms with Gasteiger partial charge in [0.1, 0.15) is 5.75 Å². The van der Waals surface area contributed by atoms with Crippen LogP contribution >= 0.6 is 11.8 Å². The Balaban J connectivity index is 1.68. The second-order valence-corrected chi connectivity index (χ2v) is 6.45. The Morgan fingerprint density at radius 2 is 2.04 bits per heavy atom. The SMILES string of the molecule is CSc1nc2c(c(=O)[nH]1)CN(Cc1ccc(OC(F)(F)F)cc1)CC2. The van der Waals surface area contributed by atoms with E-state index >= 15 is 0 Å². The minimum atomic E-state index is -4.69. The van der Waals surface area contributed by atoms with Crippen LogP contribution in [0.3, 0.4) is 0 Å². The van der Waals surface area contributed by atoms with Crippen LogP contribution in [0.5, 0.6) is 5.75 Å². The second-order valence-electron chi connectivity index (χ2n) is 5.65. The summed E-state index contributed by atoms with van der Waals surface area (Å²) in [5.74, 6) is -0.245. The van der Waals surface area contributed by atoms with Crippen molar-refractivity contribution >= 4 is 11.8 Å². The summed E-state index contributed by atoms with van der Waals surface area (Å²) in [6, 6.07) is 5.77. The molecular weight excluding hydrogens is 355 g/mol. The van der Waals surface area contributed by atoms with Crippen molar-refractivity contribution in [3.63, 3.8) is 0 Å². The number of hydrogen-bond donors (Lipinski definition) is 1. The monoisotopic (exact) mass is 371 g/mol. The number of benzene rings is 1. The molecule has 0 bridgehead atoms. The minimum absolute atomic E-state index is 0.132. The molecule has 2 aromatic rings. The molecule has 134 valence electrons. The van der Waals surface area contributed by atoms with Gasteiger partial charge in [-0.05, 0) is 24.0 Å². The summed E-state index contributed by atoms with van der Waals surface area (Å²) in [5.41, 5.74) is 2.19. The van der Waals surface area contributed by atoms with Gasteiger partial charge in [-0.3, -0.25) is 9.69 Å². The van der Waals surface area contributed by atoms with E-state index in [1.807, 2.05) is 6.26 Å². The first-order valence-electron chi connectivity index (χ1n) is 7.57. The van der Waals surface area contributed by atoms with Gasteiger partial charge in [-0.25, -0.2) is 4.98 Å². The molecule has 0 fully saturated rings. The van der Waals surface area contributed by atoms with Gasteiger partial charge in [0.15, 0.2) is 5.16 Å². The standard InChI is InChI=1S/C16H16F3N3O2S/c1-25-15-20-13-6-7-22(9-12(13)14(23)21-15)8-10-2-4-11(5-3-10)24-16(17,18)19/h2-5H,6-9H2,1H3,(H,20,21,23). The first-order valence-corrected chi connectivity index (χ1v) is 8.79. The number of ether oxygens (including phenoxy) is 1. The normalized spacial score (nSPS) is 15.0. The quantitative estimate of drug-likeness (QED) is 0.662. The van der Waals surface area contributed by atoms with E-state index in [2.05, 4.69) is 19.6 Å². The van der Waals surface area contributed by atoms with Crippen LogP contribution in [0.4, 0.5) is 13.2 Å². The molecule has 9 heteroatoms. The smallest absolute Gasteiger partial charge is 0.406 e. The van der Waals surface area contributed by atoms with Gasteiger partial charge in [-0.1, -0.05) is 23.9 Å². The molecule has 0 amide bonds. The van der Waals surface area contributed by atoms with Crippen LogP contribution in [0.15, 0.2) is 34.2 Å². The van der Waals surface area contributed by atoms with Crippen LogP contribution in [0.1, 0.15) is 16.8 Å². The zero-order valence-corrected chi connectivity index (χ0v) is 14.2. The van der Waals surface area contributed by atoms with Crippen LogP contribution in [0.25, 0.3) is 0 Å². The zero-order valence-electron chi connectivity index (χ0n) is 13.4. The highest BCUT2D eigenvalue weighted by atomic mass is 32.2. The molecule has 0 aliphatic carbocycles. The average Bonchev–Trinajstić information content (AvgIpc) is 2.55. The fraction of sp³-hybridized carbons (Fsp3) is 0.375. The highest BCUT2D eigenvalue weighted by Crippen LogP contribution is 2.24. The summed E-state index contributed by atoms with van der Waals surface area (Å²) < 4.78 is 40.4. The predicted molar refractivity (Wildman–Crippen MR) is 87.6 cm³/mol. The summed E-state index contributed by atoms with van der Waals surface area (Å²) >= 11 is 1.39. The van der Waals surface area contributed by atoms with Gasteiger partial charge in [0.05, 0.1) is 11.3 Å². The van der Waals surface area contributed by atoms with Crippen LogP contribution in [-0.4, -0.2) is 34.0 Å². The number of aromatic nitrogens is 2. The van der Waals surface area contributed by atoms with Crippen molar-refractivity contribution in [1.82, 2.24) is 14.9 Å². The maximum atomic E-state index is 12.2. The van der Waals surface area contributed by atoms with E-state index in [4.69, 9.17) is 0 Å². The van der Waals surface area contributed by atoms with E-state index in [1.54, 1.807) is 12.1 Å². The van der Waals surface area contributed by atoms with Crippen molar-refractivity contribution in [3.8, 4) is 5.75 Å². The van der Waals surface area contributed by atoms with Crippen molar-refractivity contribution in [3.05, 3.63) is 51.4 Å². The van der Waals surface area contributed by atoms with Gasteiger partial charge < -0.3 is 9.72 Å². The molecule has 0 saturated heterocycles. The summed E-state index contributed by atoms with van der Waals surface area (Å²) in [7, 11) is 0. The molecular formula is C16H16F3N3O2S. The van der Waals surface area contributed by atoms with Crippen LogP contribution < -0.4 is 10.3 Å². The predicted octanol–water partition coefficient (Wildman–Crippen LogP) is 2.95. The molecule has 0 saturated carbocycles. The molecule has 0 unspecified atom stereocenters. The number of H-pyrrole nitrogens is 1. The topological polar surface area (TPSA) is 58.2 Å². The van der Waals surface area contributed by atoms with Crippen LogP contribution in [0, 0.1) is 0 Å². The van der Waals surface area contributed by atoms with Crippen molar-refractivity contribution in [2.45, 2.75) is 31.0 Å². The third-order valence-corrected chi connectivity index (χ3v) is 4.46. The van der Waals surface area contributed by atoms with Crippen LogP contribution in [-0.2, 0) is 19.5 Å². The number of halogens is 3. The largest absolute Gasteiger partial charge is 0.573 e. The Hall–Kier alpha value is -2.00.